The second kappa shape index (κ2) is 6.49. The molecule has 2 aromatic rings. The summed E-state index contributed by atoms with van der Waals surface area (Å²) in [7, 11) is 1.50. The molecular weight excluding hydrogens is 314 g/mol. The SMILES string of the molecule is COc1ccc(-n2nc(C#N)c(N)c(C(=O)NC(N)=O)c2=N)cc1. The van der Waals surface area contributed by atoms with Crippen molar-refractivity contribution in [2.24, 2.45) is 5.73 Å². The van der Waals surface area contributed by atoms with E-state index in [1.165, 1.54) is 7.11 Å². The highest BCUT2D eigenvalue weighted by Crippen LogP contribution is 2.16. The lowest BCUT2D eigenvalue weighted by atomic mass is 10.2. The molecule has 122 valence electrons. The van der Waals surface area contributed by atoms with Crippen LogP contribution in [0.3, 0.4) is 0 Å². The van der Waals surface area contributed by atoms with Gasteiger partial charge in [-0.1, -0.05) is 0 Å². The van der Waals surface area contributed by atoms with Gasteiger partial charge < -0.3 is 16.2 Å². The molecule has 1 aromatic heterocycles. The Kier molecular flexibility index (Phi) is 4.46. The number of amides is 3. The highest BCUT2D eigenvalue weighted by molar-refractivity contribution is 6.06. The lowest BCUT2D eigenvalue weighted by Crippen LogP contribution is -2.40. The number of anilines is 1. The van der Waals surface area contributed by atoms with Gasteiger partial charge in [-0.15, -0.1) is 0 Å². The fourth-order valence-corrected chi connectivity index (χ4v) is 1.95. The molecule has 0 radical (unpaired) electrons. The van der Waals surface area contributed by atoms with Crippen LogP contribution in [0.15, 0.2) is 24.3 Å². The van der Waals surface area contributed by atoms with Crippen molar-refractivity contribution in [3.63, 3.8) is 0 Å². The Hall–Kier alpha value is -3.87. The van der Waals surface area contributed by atoms with Gasteiger partial charge in [0.05, 0.1) is 18.5 Å². The summed E-state index contributed by atoms with van der Waals surface area (Å²) in [6.45, 7) is 0. The first-order valence-corrected chi connectivity index (χ1v) is 6.51. The van der Waals surface area contributed by atoms with Crippen LogP contribution < -0.4 is 27.0 Å². The Bertz CT molecular complexity index is 910. The number of aromatic nitrogens is 2. The highest BCUT2D eigenvalue weighted by atomic mass is 16.5. The summed E-state index contributed by atoms with van der Waals surface area (Å²) in [4.78, 5) is 22.9. The molecule has 0 fully saturated rings. The molecule has 0 aliphatic heterocycles. The predicted octanol–water partition coefficient (Wildman–Crippen LogP) is -0.377. The molecule has 10 nitrogen and oxygen atoms in total. The second-order valence-electron chi connectivity index (χ2n) is 4.53. The number of ether oxygens (including phenoxy) is 1. The van der Waals surface area contributed by atoms with Gasteiger partial charge in [0.2, 0.25) is 0 Å². The molecule has 0 aliphatic rings. The third kappa shape index (κ3) is 3.00. The number of urea groups is 1. The fourth-order valence-electron chi connectivity index (χ4n) is 1.95. The number of hydrogen-bond acceptors (Lipinski definition) is 7. The van der Waals surface area contributed by atoms with Gasteiger partial charge in [0.1, 0.15) is 17.4 Å². The number of nitrogen functional groups attached to an aromatic ring is 1. The first kappa shape index (κ1) is 16.5. The van der Waals surface area contributed by atoms with E-state index in [9.17, 15) is 9.59 Å². The first-order chi connectivity index (χ1) is 11.4. The number of carbonyl (C=O) groups is 2. The number of primary amides is 1. The second-order valence-corrected chi connectivity index (χ2v) is 4.53. The van der Waals surface area contributed by atoms with Crippen LogP contribution in [0.1, 0.15) is 16.1 Å². The van der Waals surface area contributed by atoms with Gasteiger partial charge in [0, 0.05) is 0 Å². The summed E-state index contributed by atoms with van der Waals surface area (Å²) in [6.07, 6.45) is 0. The molecule has 0 spiro atoms. The van der Waals surface area contributed by atoms with Gasteiger partial charge in [-0.05, 0) is 24.3 Å². The third-order valence-electron chi connectivity index (χ3n) is 3.06. The molecule has 1 heterocycles. The average Bonchev–Trinajstić information content (AvgIpc) is 2.54. The van der Waals surface area contributed by atoms with E-state index in [1.54, 1.807) is 30.3 Å². The molecule has 1 aromatic carbocycles. The number of nitrogens with one attached hydrogen (secondary N) is 2. The predicted molar refractivity (Wildman–Crippen MR) is 82.1 cm³/mol. The van der Waals surface area contributed by atoms with Crippen molar-refractivity contribution >= 4 is 17.6 Å². The maximum absolute atomic E-state index is 12.1. The monoisotopic (exact) mass is 327 g/mol. The Labute approximate surface area is 135 Å². The van der Waals surface area contributed by atoms with Crippen molar-refractivity contribution in [1.82, 2.24) is 15.1 Å². The average molecular weight is 327 g/mol. The lowest BCUT2D eigenvalue weighted by molar-refractivity contribution is 0.0964. The van der Waals surface area contributed by atoms with Crippen molar-refractivity contribution in [1.29, 1.82) is 10.7 Å². The van der Waals surface area contributed by atoms with Crippen LogP contribution in [0.25, 0.3) is 5.69 Å². The van der Waals surface area contributed by atoms with E-state index < -0.39 is 17.4 Å². The molecule has 0 saturated carbocycles. The van der Waals surface area contributed by atoms with Gasteiger partial charge in [0.15, 0.2) is 11.2 Å². The van der Waals surface area contributed by atoms with Crippen molar-refractivity contribution in [2.75, 3.05) is 12.8 Å². The van der Waals surface area contributed by atoms with E-state index >= 15 is 0 Å². The molecule has 2 rings (SSSR count). The zero-order valence-electron chi connectivity index (χ0n) is 12.5. The van der Waals surface area contributed by atoms with Gasteiger partial charge in [0.25, 0.3) is 5.91 Å². The summed E-state index contributed by atoms with van der Waals surface area (Å²) in [5.41, 5.74) is 9.65. The molecule has 24 heavy (non-hydrogen) atoms. The summed E-state index contributed by atoms with van der Waals surface area (Å²) >= 11 is 0. The lowest BCUT2D eigenvalue weighted by Gasteiger charge is -2.12. The topological polar surface area (TPSA) is 173 Å². The number of benzene rings is 1. The number of methoxy groups -OCH3 is 1. The number of imide groups is 1. The Morgan fingerprint density at radius 3 is 2.50 bits per heavy atom. The van der Waals surface area contributed by atoms with E-state index in [4.69, 9.17) is 26.9 Å². The van der Waals surface area contributed by atoms with E-state index in [1.807, 2.05) is 5.32 Å². The molecule has 0 unspecified atom stereocenters. The van der Waals surface area contributed by atoms with Gasteiger partial charge in [-0.3, -0.25) is 15.5 Å². The van der Waals surface area contributed by atoms with Crippen LogP contribution >= 0.6 is 0 Å². The standard InChI is InChI=1S/C14H13N7O3/c1-24-8-4-2-7(3-5-8)21-12(17)10(13(22)19-14(18)23)11(16)9(6-15)20-21/h2-5,17H,16H2,1H3,(H3,18,19,22,23). The number of nitrogens with zero attached hydrogens (tertiary/aromatic N) is 3. The van der Waals surface area contributed by atoms with E-state index in [-0.39, 0.29) is 16.9 Å². The molecule has 0 bridgehead atoms. The van der Waals surface area contributed by atoms with Crippen molar-refractivity contribution in [2.45, 2.75) is 0 Å². The molecule has 0 saturated heterocycles. The van der Waals surface area contributed by atoms with Gasteiger partial charge in [-0.25, -0.2) is 9.48 Å². The molecule has 3 amide bonds. The zero-order valence-corrected chi connectivity index (χ0v) is 12.5. The third-order valence-corrected chi connectivity index (χ3v) is 3.06. The summed E-state index contributed by atoms with van der Waals surface area (Å²) in [6, 6.07) is 7.04. The van der Waals surface area contributed by atoms with Crippen LogP contribution in [0, 0.1) is 16.7 Å². The molecule has 10 heteroatoms. The largest absolute Gasteiger partial charge is 0.497 e. The first-order valence-electron chi connectivity index (χ1n) is 6.51. The number of hydrogen-bond donors (Lipinski definition) is 4. The van der Waals surface area contributed by atoms with Crippen LogP contribution in [0.2, 0.25) is 0 Å². The quantitative estimate of drug-likeness (QED) is 0.598. The van der Waals surface area contributed by atoms with Crippen LogP contribution in [0.5, 0.6) is 5.75 Å². The summed E-state index contributed by atoms with van der Waals surface area (Å²) in [5, 5.41) is 23.0. The maximum Gasteiger partial charge on any atom is 0.319 e. The van der Waals surface area contributed by atoms with Crippen LogP contribution in [-0.2, 0) is 0 Å². The van der Waals surface area contributed by atoms with E-state index in [0.29, 0.717) is 11.4 Å². The van der Waals surface area contributed by atoms with Gasteiger partial charge >= 0.3 is 6.03 Å². The van der Waals surface area contributed by atoms with Crippen LogP contribution in [0.4, 0.5) is 10.5 Å². The Morgan fingerprint density at radius 1 is 1.38 bits per heavy atom. The normalized spacial score (nSPS) is 9.83. The van der Waals surface area contributed by atoms with Crippen LogP contribution in [-0.4, -0.2) is 28.8 Å². The number of nitriles is 1. The maximum atomic E-state index is 12.1. The minimum Gasteiger partial charge on any atom is -0.497 e. The number of rotatable bonds is 3. The molecule has 0 atom stereocenters. The van der Waals surface area contributed by atoms with Gasteiger partial charge in [-0.2, -0.15) is 10.4 Å². The van der Waals surface area contributed by atoms with Crippen molar-refractivity contribution in [3.8, 4) is 17.5 Å². The summed E-state index contributed by atoms with van der Waals surface area (Å²) < 4.78 is 6.09. The Morgan fingerprint density at radius 2 is 2.00 bits per heavy atom. The van der Waals surface area contributed by atoms with E-state index in [0.717, 1.165) is 4.68 Å². The molecule has 0 aliphatic carbocycles. The molecule has 6 N–H and O–H groups in total. The Balaban J connectivity index is 2.69. The van der Waals surface area contributed by atoms with E-state index in [2.05, 4.69) is 5.10 Å². The zero-order chi connectivity index (χ0) is 17.9. The van der Waals surface area contributed by atoms with Crippen molar-refractivity contribution < 1.29 is 14.3 Å². The minimum absolute atomic E-state index is 0.267. The number of carbonyl (C=O) groups excluding carboxylic acids is 2. The number of nitrogens with two attached hydrogens (primary N) is 2. The highest BCUT2D eigenvalue weighted by Gasteiger charge is 2.21. The van der Waals surface area contributed by atoms with Crippen molar-refractivity contribution in [3.05, 3.63) is 41.0 Å². The molecular formula is C14H13N7O3. The minimum atomic E-state index is -1.11. The fraction of sp³-hybridized carbons (Fsp3) is 0.0714. The smallest absolute Gasteiger partial charge is 0.319 e. The summed E-state index contributed by atoms with van der Waals surface area (Å²) in [5.74, 6) is -0.417.